The van der Waals surface area contributed by atoms with E-state index < -0.39 is 0 Å². The van der Waals surface area contributed by atoms with Gasteiger partial charge in [0, 0.05) is 28.6 Å². The van der Waals surface area contributed by atoms with Crippen molar-refractivity contribution in [2.75, 3.05) is 4.90 Å². The molecule has 8 rings (SSSR count). The molecule has 44 heavy (non-hydrogen) atoms. The van der Waals surface area contributed by atoms with E-state index in [2.05, 4.69) is 137 Å². The highest BCUT2D eigenvalue weighted by atomic mass is 16.5. The summed E-state index contributed by atoms with van der Waals surface area (Å²) in [4.78, 5) is 2.26. The average molecular weight is 575 g/mol. The highest BCUT2D eigenvalue weighted by molar-refractivity contribution is 5.98. The number of benzene rings is 4. The first-order chi connectivity index (χ1) is 21.7. The molecule has 1 saturated heterocycles. The van der Waals surface area contributed by atoms with Crippen LogP contribution in [0.15, 0.2) is 152 Å². The number of para-hydroxylation sites is 1. The quantitative estimate of drug-likeness (QED) is 0.229. The van der Waals surface area contributed by atoms with Gasteiger partial charge in [-0.3, -0.25) is 16.0 Å². The van der Waals surface area contributed by atoms with Crippen molar-refractivity contribution in [3.05, 3.63) is 168 Å². The molecule has 1 fully saturated rings. The van der Waals surface area contributed by atoms with Gasteiger partial charge in [-0.25, -0.2) is 0 Å². The topological polar surface area (TPSA) is 48.6 Å². The molecule has 3 N–H and O–H groups in total. The largest absolute Gasteiger partial charge is 0.456 e. The molecule has 4 aliphatic rings. The van der Waals surface area contributed by atoms with E-state index in [-0.39, 0.29) is 18.5 Å². The first kappa shape index (κ1) is 26.7. The molecule has 0 saturated carbocycles. The van der Waals surface area contributed by atoms with Crippen molar-refractivity contribution in [2.45, 2.75) is 31.3 Å². The van der Waals surface area contributed by atoms with Crippen molar-refractivity contribution in [1.29, 1.82) is 0 Å². The second-order valence-corrected chi connectivity index (χ2v) is 11.5. The van der Waals surface area contributed by atoms with E-state index in [1.165, 1.54) is 16.7 Å². The second-order valence-electron chi connectivity index (χ2n) is 11.5. The third-order valence-electron chi connectivity index (χ3n) is 8.81. The highest BCUT2D eigenvalue weighted by Crippen LogP contribution is 2.47. The molecule has 0 amide bonds. The maximum atomic E-state index is 6.39. The van der Waals surface area contributed by atoms with Crippen LogP contribution in [0.2, 0.25) is 0 Å². The number of hydrogen-bond acceptors (Lipinski definition) is 5. The minimum Gasteiger partial charge on any atom is -0.456 e. The molecule has 5 heteroatoms. The Morgan fingerprint density at radius 1 is 0.705 bits per heavy atom. The molecule has 1 aliphatic carbocycles. The third-order valence-corrected chi connectivity index (χ3v) is 8.81. The van der Waals surface area contributed by atoms with Crippen LogP contribution in [0.1, 0.15) is 41.9 Å². The number of rotatable bonds is 4. The molecule has 5 nitrogen and oxygen atoms in total. The molecule has 3 aliphatic heterocycles. The summed E-state index contributed by atoms with van der Waals surface area (Å²) >= 11 is 0. The van der Waals surface area contributed by atoms with Gasteiger partial charge in [0.15, 0.2) is 0 Å². The van der Waals surface area contributed by atoms with Crippen LogP contribution < -0.4 is 25.6 Å². The van der Waals surface area contributed by atoms with Crippen molar-refractivity contribution in [1.82, 2.24) is 16.0 Å². The standard InChI is InChI=1S/C39H34N4O/c1-26-34-23-12-24-43(33-21-11-20-32(36(26)33)31-19-8-9-22-35(31)44-34)30-18-10-17-29(25-30)39-41-37(27-13-4-2-5-14-27)40-38(42-39)28-15-6-3-7-16-28/h2-6,8-15,17-25,37-42H,1,7,16H2/b24-12-,34-23+. The molecule has 2 bridgehead atoms. The van der Waals surface area contributed by atoms with E-state index in [4.69, 9.17) is 4.74 Å². The Morgan fingerprint density at radius 3 is 2.32 bits per heavy atom. The lowest BCUT2D eigenvalue weighted by Crippen LogP contribution is -2.59. The summed E-state index contributed by atoms with van der Waals surface area (Å²) in [7, 11) is 0. The van der Waals surface area contributed by atoms with Gasteiger partial charge in [0.05, 0.1) is 24.2 Å². The Kier molecular flexibility index (Phi) is 6.84. The van der Waals surface area contributed by atoms with Gasteiger partial charge < -0.3 is 9.64 Å². The van der Waals surface area contributed by atoms with Crippen LogP contribution in [0.25, 0.3) is 16.7 Å². The molecule has 3 heterocycles. The van der Waals surface area contributed by atoms with Crippen molar-refractivity contribution in [3.63, 3.8) is 0 Å². The van der Waals surface area contributed by atoms with E-state index in [9.17, 15) is 0 Å². The molecule has 0 aromatic heterocycles. The molecule has 4 aromatic carbocycles. The van der Waals surface area contributed by atoms with Crippen LogP contribution in [0.4, 0.5) is 11.4 Å². The molecule has 216 valence electrons. The Hall–Kier alpha value is -4.94. The zero-order valence-corrected chi connectivity index (χ0v) is 24.4. The minimum absolute atomic E-state index is 0.00125. The van der Waals surface area contributed by atoms with Crippen LogP contribution in [-0.2, 0) is 0 Å². The number of nitrogens with one attached hydrogen (secondary N) is 3. The number of ether oxygens (including phenoxy) is 1. The van der Waals surface area contributed by atoms with Gasteiger partial charge in [-0.05, 0) is 71.5 Å². The maximum Gasteiger partial charge on any atom is 0.135 e. The Labute approximate surface area is 258 Å². The number of allylic oxidation sites excluding steroid dienone is 6. The Morgan fingerprint density at radius 2 is 1.45 bits per heavy atom. The summed E-state index contributed by atoms with van der Waals surface area (Å²) in [5, 5.41) is 11.5. The zero-order valence-electron chi connectivity index (χ0n) is 24.4. The first-order valence-electron chi connectivity index (χ1n) is 15.3. The predicted octanol–water partition coefficient (Wildman–Crippen LogP) is 8.39. The summed E-state index contributed by atoms with van der Waals surface area (Å²) < 4.78 is 6.39. The number of anilines is 2. The molecule has 0 spiro atoms. The molecular weight excluding hydrogens is 540 g/mol. The summed E-state index contributed by atoms with van der Waals surface area (Å²) in [6, 6.07) is 34.1. The van der Waals surface area contributed by atoms with Crippen LogP contribution >= 0.6 is 0 Å². The number of nitrogens with zero attached hydrogens (tertiary/aromatic N) is 1. The SMILES string of the molecule is C=C1/C2=C\C=C/N(c3cccc(C4NC(C5=CC=CCC5)NC(c5ccccc5)N4)c3)c3cccc(c31)-c1ccccc1O2. The smallest absolute Gasteiger partial charge is 0.135 e. The van der Waals surface area contributed by atoms with E-state index in [0.717, 1.165) is 58.0 Å². The Bertz CT molecular complexity index is 1870. The fraction of sp³-hybridized carbons (Fsp3) is 0.128. The van der Waals surface area contributed by atoms with Crippen LogP contribution in [0.3, 0.4) is 0 Å². The number of hydrogen-bond donors (Lipinski definition) is 3. The van der Waals surface area contributed by atoms with E-state index >= 15 is 0 Å². The van der Waals surface area contributed by atoms with Gasteiger partial charge in [0.1, 0.15) is 11.5 Å². The molecular formula is C39H34N4O. The van der Waals surface area contributed by atoms with Crippen molar-refractivity contribution < 1.29 is 4.74 Å². The molecule has 3 atom stereocenters. The van der Waals surface area contributed by atoms with Gasteiger partial charge in [-0.2, -0.15) is 0 Å². The number of fused-ring (bicyclic) bond motifs is 3. The first-order valence-corrected chi connectivity index (χ1v) is 15.3. The maximum absolute atomic E-state index is 6.39. The third kappa shape index (κ3) is 4.81. The van der Waals surface area contributed by atoms with Gasteiger partial charge in [-0.15, -0.1) is 0 Å². The minimum atomic E-state index is -0.0634. The van der Waals surface area contributed by atoms with Gasteiger partial charge in [0.25, 0.3) is 0 Å². The van der Waals surface area contributed by atoms with E-state index in [0.29, 0.717) is 0 Å². The lowest BCUT2D eigenvalue weighted by atomic mass is 9.92. The fourth-order valence-corrected chi connectivity index (χ4v) is 6.63. The summed E-state index contributed by atoms with van der Waals surface area (Å²) in [6.07, 6.45) is 14.9. The predicted molar refractivity (Wildman–Crippen MR) is 179 cm³/mol. The highest BCUT2D eigenvalue weighted by Gasteiger charge is 2.31. The zero-order chi connectivity index (χ0) is 29.5. The Balaban J connectivity index is 1.20. The average Bonchev–Trinajstić information content (AvgIpc) is 3.21. The van der Waals surface area contributed by atoms with Crippen LogP contribution in [0.5, 0.6) is 5.75 Å². The van der Waals surface area contributed by atoms with Crippen molar-refractivity contribution >= 4 is 16.9 Å². The molecule has 4 aromatic rings. The summed E-state index contributed by atoms with van der Waals surface area (Å²) in [6.45, 7) is 4.51. The van der Waals surface area contributed by atoms with Gasteiger partial charge >= 0.3 is 0 Å². The molecule has 3 unspecified atom stereocenters. The normalized spacial score (nSPS) is 24.0. The van der Waals surface area contributed by atoms with Crippen molar-refractivity contribution in [2.24, 2.45) is 0 Å². The summed E-state index contributed by atoms with van der Waals surface area (Å²) in [5.41, 5.74) is 10.0. The van der Waals surface area contributed by atoms with E-state index in [1.54, 1.807) is 0 Å². The van der Waals surface area contributed by atoms with Crippen LogP contribution in [0, 0.1) is 0 Å². The second kappa shape index (κ2) is 11.3. The van der Waals surface area contributed by atoms with E-state index in [1.807, 2.05) is 24.3 Å². The van der Waals surface area contributed by atoms with Gasteiger partial charge in [0.2, 0.25) is 0 Å². The fourth-order valence-electron chi connectivity index (χ4n) is 6.63. The monoisotopic (exact) mass is 574 g/mol. The van der Waals surface area contributed by atoms with Crippen LogP contribution in [-0.4, -0.2) is 6.17 Å². The lowest BCUT2D eigenvalue weighted by Gasteiger charge is -2.41. The van der Waals surface area contributed by atoms with Crippen molar-refractivity contribution in [3.8, 4) is 16.9 Å². The molecule has 0 radical (unpaired) electrons. The van der Waals surface area contributed by atoms with Gasteiger partial charge in [-0.1, -0.05) is 97.6 Å². The lowest BCUT2D eigenvalue weighted by molar-refractivity contribution is 0.219. The summed E-state index contributed by atoms with van der Waals surface area (Å²) in [5.74, 6) is 1.61.